The van der Waals surface area contributed by atoms with Gasteiger partial charge in [0.25, 0.3) is 10.0 Å². The topological polar surface area (TPSA) is 70.6 Å². The Bertz CT molecular complexity index is 1040. The minimum Gasteiger partial charge on any atom is -0.356 e. The summed E-state index contributed by atoms with van der Waals surface area (Å²) >= 11 is 0. The van der Waals surface area contributed by atoms with Crippen molar-refractivity contribution in [2.75, 3.05) is 5.32 Å². The third-order valence-electron chi connectivity index (χ3n) is 3.99. The molecular formula is C21H21N3O2S. The van der Waals surface area contributed by atoms with E-state index in [9.17, 15) is 8.42 Å². The number of benzene rings is 3. The number of rotatable bonds is 6. The van der Waals surface area contributed by atoms with Gasteiger partial charge >= 0.3 is 0 Å². The maximum absolute atomic E-state index is 12.4. The molecule has 0 aliphatic heterocycles. The van der Waals surface area contributed by atoms with E-state index in [2.05, 4.69) is 15.2 Å². The number of aryl methyl sites for hydroxylation is 2. The summed E-state index contributed by atoms with van der Waals surface area (Å²) in [5.74, 6) is 0. The predicted octanol–water partition coefficient (Wildman–Crippen LogP) is 4.36. The molecule has 0 saturated carbocycles. The molecule has 6 heteroatoms. The van der Waals surface area contributed by atoms with Gasteiger partial charge in [-0.1, -0.05) is 42.5 Å². The summed E-state index contributed by atoms with van der Waals surface area (Å²) in [7, 11) is -3.69. The minimum atomic E-state index is -3.69. The van der Waals surface area contributed by atoms with E-state index in [0.29, 0.717) is 5.56 Å². The monoisotopic (exact) mass is 379 g/mol. The molecule has 0 bridgehead atoms. The van der Waals surface area contributed by atoms with Crippen LogP contribution in [-0.4, -0.2) is 14.6 Å². The van der Waals surface area contributed by atoms with Crippen molar-refractivity contribution in [2.45, 2.75) is 18.7 Å². The quantitative estimate of drug-likeness (QED) is 0.494. The molecule has 0 heterocycles. The Kier molecular flexibility index (Phi) is 5.57. The Balaban J connectivity index is 1.66. The van der Waals surface area contributed by atoms with Crippen LogP contribution in [0.5, 0.6) is 0 Å². The van der Waals surface area contributed by atoms with Crippen LogP contribution < -0.4 is 10.1 Å². The normalized spacial score (nSPS) is 11.5. The van der Waals surface area contributed by atoms with Crippen LogP contribution in [0.1, 0.15) is 16.7 Å². The van der Waals surface area contributed by atoms with Crippen LogP contribution in [0, 0.1) is 13.8 Å². The minimum absolute atomic E-state index is 0.238. The van der Waals surface area contributed by atoms with E-state index in [1.165, 1.54) is 6.21 Å². The van der Waals surface area contributed by atoms with Gasteiger partial charge in [0.15, 0.2) is 0 Å². The molecule has 27 heavy (non-hydrogen) atoms. The molecule has 0 aliphatic carbocycles. The van der Waals surface area contributed by atoms with Crippen molar-refractivity contribution in [1.29, 1.82) is 0 Å². The Morgan fingerprint density at radius 1 is 0.852 bits per heavy atom. The van der Waals surface area contributed by atoms with Crippen molar-refractivity contribution in [3.63, 3.8) is 0 Å². The van der Waals surface area contributed by atoms with Crippen LogP contribution >= 0.6 is 0 Å². The highest BCUT2D eigenvalue weighted by Gasteiger charge is 2.15. The number of hydrogen-bond acceptors (Lipinski definition) is 4. The smallest absolute Gasteiger partial charge is 0.276 e. The Hall–Kier alpha value is -3.12. The summed E-state index contributed by atoms with van der Waals surface area (Å²) in [6, 6.07) is 22.7. The van der Waals surface area contributed by atoms with E-state index >= 15 is 0 Å². The third-order valence-corrected chi connectivity index (χ3v) is 5.36. The van der Waals surface area contributed by atoms with Crippen molar-refractivity contribution in [3.05, 3.63) is 89.5 Å². The van der Waals surface area contributed by atoms with Crippen LogP contribution in [0.25, 0.3) is 0 Å². The zero-order chi connectivity index (χ0) is 19.3. The molecule has 0 amide bonds. The molecule has 0 atom stereocenters. The summed E-state index contributed by atoms with van der Waals surface area (Å²) in [5.41, 5.74) is 4.29. The van der Waals surface area contributed by atoms with Gasteiger partial charge in [-0.25, -0.2) is 4.83 Å². The summed E-state index contributed by atoms with van der Waals surface area (Å²) in [4.78, 5) is 2.51. The maximum Gasteiger partial charge on any atom is 0.276 e. The second-order valence-electron chi connectivity index (χ2n) is 6.23. The second-order valence-corrected chi connectivity index (χ2v) is 7.86. The molecule has 0 fully saturated rings. The van der Waals surface area contributed by atoms with E-state index in [1.54, 1.807) is 19.1 Å². The predicted molar refractivity (Wildman–Crippen MR) is 110 cm³/mol. The molecule has 0 saturated heterocycles. The van der Waals surface area contributed by atoms with Gasteiger partial charge in [-0.2, -0.15) is 13.5 Å². The highest BCUT2D eigenvalue weighted by atomic mass is 32.2. The van der Waals surface area contributed by atoms with E-state index in [1.807, 2.05) is 67.6 Å². The molecule has 0 unspecified atom stereocenters. The third kappa shape index (κ3) is 4.95. The highest BCUT2D eigenvalue weighted by molar-refractivity contribution is 7.89. The van der Waals surface area contributed by atoms with Crippen LogP contribution in [-0.2, 0) is 10.0 Å². The van der Waals surface area contributed by atoms with Crippen LogP contribution in [0.2, 0.25) is 0 Å². The van der Waals surface area contributed by atoms with E-state index in [0.717, 1.165) is 22.5 Å². The first kappa shape index (κ1) is 18.7. The number of anilines is 2. The number of hydrogen-bond donors (Lipinski definition) is 2. The molecule has 3 rings (SSSR count). The van der Waals surface area contributed by atoms with Gasteiger partial charge in [-0.3, -0.25) is 0 Å². The van der Waals surface area contributed by atoms with Crippen molar-refractivity contribution in [2.24, 2.45) is 5.10 Å². The molecule has 3 aromatic carbocycles. The molecule has 0 spiro atoms. The summed E-state index contributed by atoms with van der Waals surface area (Å²) in [5, 5.41) is 7.18. The Morgan fingerprint density at radius 2 is 1.52 bits per heavy atom. The van der Waals surface area contributed by atoms with Gasteiger partial charge in [-0.15, -0.1) is 0 Å². The zero-order valence-electron chi connectivity index (χ0n) is 15.2. The van der Waals surface area contributed by atoms with Gasteiger partial charge in [-0.05, 0) is 60.9 Å². The second kappa shape index (κ2) is 8.05. The van der Waals surface area contributed by atoms with Crippen molar-refractivity contribution < 1.29 is 8.42 Å². The summed E-state index contributed by atoms with van der Waals surface area (Å²) in [6.07, 6.45) is 1.48. The van der Waals surface area contributed by atoms with E-state index in [-0.39, 0.29) is 4.90 Å². The lowest BCUT2D eigenvalue weighted by molar-refractivity contribution is 0.584. The summed E-state index contributed by atoms with van der Waals surface area (Å²) < 4.78 is 24.8. The highest BCUT2D eigenvalue weighted by Crippen LogP contribution is 2.17. The van der Waals surface area contributed by atoms with Crippen molar-refractivity contribution in [1.82, 2.24) is 4.83 Å². The maximum atomic E-state index is 12.4. The van der Waals surface area contributed by atoms with Crippen LogP contribution in [0.4, 0.5) is 11.4 Å². The van der Waals surface area contributed by atoms with Gasteiger partial charge in [0.2, 0.25) is 0 Å². The SMILES string of the molecule is Cc1ccc(C)c(S(=O)(=O)N/N=C\c2ccc(Nc3ccccc3)cc2)c1. The fourth-order valence-electron chi connectivity index (χ4n) is 2.56. The fourth-order valence-corrected chi connectivity index (χ4v) is 3.68. The van der Waals surface area contributed by atoms with Gasteiger partial charge in [0.05, 0.1) is 11.1 Å². The molecule has 2 N–H and O–H groups in total. The van der Waals surface area contributed by atoms with Gasteiger partial charge in [0, 0.05) is 11.4 Å². The lowest BCUT2D eigenvalue weighted by Gasteiger charge is -2.08. The lowest BCUT2D eigenvalue weighted by Crippen LogP contribution is -2.19. The molecule has 138 valence electrons. The lowest BCUT2D eigenvalue weighted by atomic mass is 10.2. The molecule has 5 nitrogen and oxygen atoms in total. The first-order chi connectivity index (χ1) is 12.9. The Morgan fingerprint density at radius 3 is 2.22 bits per heavy atom. The fraction of sp³-hybridized carbons (Fsp3) is 0.0952. The van der Waals surface area contributed by atoms with Crippen molar-refractivity contribution >= 4 is 27.6 Å². The van der Waals surface area contributed by atoms with Gasteiger partial charge < -0.3 is 5.32 Å². The van der Waals surface area contributed by atoms with Gasteiger partial charge in [0.1, 0.15) is 0 Å². The largest absolute Gasteiger partial charge is 0.356 e. The number of nitrogens with zero attached hydrogens (tertiary/aromatic N) is 1. The number of sulfonamides is 1. The Labute approximate surface area is 159 Å². The van der Waals surface area contributed by atoms with Crippen LogP contribution in [0.15, 0.2) is 82.8 Å². The molecule has 0 radical (unpaired) electrons. The average Bonchev–Trinajstić information content (AvgIpc) is 2.66. The number of nitrogens with one attached hydrogen (secondary N) is 2. The first-order valence-corrected chi connectivity index (χ1v) is 9.97. The molecular weight excluding hydrogens is 358 g/mol. The van der Waals surface area contributed by atoms with E-state index in [4.69, 9.17) is 0 Å². The van der Waals surface area contributed by atoms with Crippen LogP contribution in [0.3, 0.4) is 0 Å². The molecule has 3 aromatic rings. The molecule has 0 aromatic heterocycles. The number of para-hydroxylation sites is 1. The molecule has 0 aliphatic rings. The average molecular weight is 379 g/mol. The summed E-state index contributed by atoms with van der Waals surface area (Å²) in [6.45, 7) is 3.61. The zero-order valence-corrected chi connectivity index (χ0v) is 16.0. The standard InChI is InChI=1S/C21H21N3O2S/c1-16-8-9-17(2)21(14-16)27(25,26)24-22-15-18-10-12-20(13-11-18)23-19-6-4-3-5-7-19/h3-15,23-24H,1-2H3/b22-15-. The van der Waals surface area contributed by atoms with E-state index < -0.39 is 10.0 Å². The van der Waals surface area contributed by atoms with Crippen molar-refractivity contribution in [3.8, 4) is 0 Å². The number of hydrazone groups is 1. The first-order valence-electron chi connectivity index (χ1n) is 8.48.